The van der Waals surface area contributed by atoms with E-state index in [1.807, 2.05) is 30.3 Å². The molecule has 2 N–H and O–H groups in total. The summed E-state index contributed by atoms with van der Waals surface area (Å²) in [6.45, 7) is 2.78. The molecule has 0 saturated carbocycles. The molecule has 2 aromatic rings. The third-order valence-electron chi connectivity index (χ3n) is 3.94. The van der Waals surface area contributed by atoms with Crippen molar-refractivity contribution >= 4 is 11.4 Å². The van der Waals surface area contributed by atoms with E-state index in [1.54, 1.807) is 0 Å². The van der Waals surface area contributed by atoms with Gasteiger partial charge in [0, 0.05) is 19.2 Å². The zero-order chi connectivity index (χ0) is 14.5. The molecule has 110 valence electrons. The van der Waals surface area contributed by atoms with Crippen molar-refractivity contribution in [2.75, 3.05) is 23.7 Å². The van der Waals surface area contributed by atoms with Crippen LogP contribution in [-0.4, -0.2) is 13.1 Å². The molecule has 1 saturated heterocycles. The minimum absolute atomic E-state index is 0.573. The molecule has 21 heavy (non-hydrogen) atoms. The van der Waals surface area contributed by atoms with E-state index in [-0.39, 0.29) is 0 Å². The molecule has 1 fully saturated rings. The first-order chi connectivity index (χ1) is 10.3. The quantitative estimate of drug-likeness (QED) is 0.866. The van der Waals surface area contributed by atoms with Crippen molar-refractivity contribution in [3.63, 3.8) is 0 Å². The zero-order valence-corrected chi connectivity index (χ0v) is 12.3. The van der Waals surface area contributed by atoms with Crippen molar-refractivity contribution < 1.29 is 4.74 Å². The number of nitrogen functional groups attached to an aromatic ring is 1. The molecule has 0 aliphatic carbocycles. The third kappa shape index (κ3) is 3.48. The van der Waals surface area contributed by atoms with Gasteiger partial charge in [-0.1, -0.05) is 30.3 Å². The number of nitrogens with zero attached hydrogens (tertiary/aromatic N) is 1. The van der Waals surface area contributed by atoms with Crippen molar-refractivity contribution in [2.24, 2.45) is 0 Å². The van der Waals surface area contributed by atoms with Gasteiger partial charge in [-0.05, 0) is 37.0 Å². The number of rotatable bonds is 4. The predicted octanol–water partition coefficient (Wildman–Crippen LogP) is 3.84. The van der Waals surface area contributed by atoms with Crippen molar-refractivity contribution in [3.05, 3.63) is 54.1 Å². The maximum Gasteiger partial charge on any atom is 0.122 e. The van der Waals surface area contributed by atoms with Crippen molar-refractivity contribution in [3.8, 4) is 5.75 Å². The number of hydrogen-bond acceptors (Lipinski definition) is 3. The molecular formula is C18H22N2O. The van der Waals surface area contributed by atoms with Gasteiger partial charge in [-0.25, -0.2) is 0 Å². The van der Waals surface area contributed by atoms with Crippen LogP contribution in [0.15, 0.2) is 48.5 Å². The Balaban J connectivity index is 1.66. The Morgan fingerprint density at radius 1 is 0.952 bits per heavy atom. The molecule has 1 heterocycles. The van der Waals surface area contributed by atoms with Gasteiger partial charge in [0.1, 0.15) is 12.4 Å². The van der Waals surface area contributed by atoms with E-state index >= 15 is 0 Å². The van der Waals surface area contributed by atoms with Crippen LogP contribution >= 0.6 is 0 Å². The number of anilines is 2. The summed E-state index contributed by atoms with van der Waals surface area (Å²) < 4.78 is 5.82. The molecule has 1 aliphatic rings. The molecule has 0 aromatic heterocycles. The van der Waals surface area contributed by atoms with Crippen LogP contribution in [0.3, 0.4) is 0 Å². The van der Waals surface area contributed by atoms with E-state index in [0.29, 0.717) is 6.61 Å². The Morgan fingerprint density at radius 2 is 1.71 bits per heavy atom. The second-order valence-corrected chi connectivity index (χ2v) is 5.54. The maximum atomic E-state index is 6.20. The summed E-state index contributed by atoms with van der Waals surface area (Å²) in [5.74, 6) is 0.831. The van der Waals surface area contributed by atoms with Crippen LogP contribution in [0.2, 0.25) is 0 Å². The first kappa shape index (κ1) is 13.8. The fraction of sp³-hybridized carbons (Fsp3) is 0.333. The molecular weight excluding hydrogens is 260 g/mol. The van der Waals surface area contributed by atoms with Crippen molar-refractivity contribution in [1.82, 2.24) is 0 Å². The van der Waals surface area contributed by atoms with Crippen LogP contribution in [0, 0.1) is 0 Å². The number of benzene rings is 2. The van der Waals surface area contributed by atoms with Gasteiger partial charge in [0.05, 0.1) is 11.4 Å². The Labute approximate surface area is 126 Å². The fourth-order valence-corrected chi connectivity index (χ4v) is 2.79. The average Bonchev–Trinajstić information content (AvgIpc) is 2.55. The topological polar surface area (TPSA) is 38.5 Å². The summed E-state index contributed by atoms with van der Waals surface area (Å²) in [5.41, 5.74) is 9.31. The van der Waals surface area contributed by atoms with E-state index in [0.717, 1.165) is 35.8 Å². The Kier molecular flexibility index (Phi) is 4.29. The highest BCUT2D eigenvalue weighted by Crippen LogP contribution is 2.30. The molecule has 3 heteroatoms. The molecule has 0 radical (unpaired) electrons. The van der Waals surface area contributed by atoms with Gasteiger partial charge >= 0.3 is 0 Å². The molecule has 2 aromatic carbocycles. The normalized spacial score (nSPS) is 15.0. The first-order valence-electron chi connectivity index (χ1n) is 7.64. The monoisotopic (exact) mass is 282 g/mol. The van der Waals surface area contributed by atoms with Crippen molar-refractivity contribution in [1.29, 1.82) is 0 Å². The molecule has 3 rings (SSSR count). The summed E-state index contributed by atoms with van der Waals surface area (Å²) in [4.78, 5) is 2.37. The number of ether oxygens (including phenoxy) is 1. The minimum Gasteiger partial charge on any atom is -0.489 e. The van der Waals surface area contributed by atoms with Crippen LogP contribution in [0.1, 0.15) is 24.8 Å². The number of piperidine rings is 1. The van der Waals surface area contributed by atoms with Gasteiger partial charge in [0.25, 0.3) is 0 Å². The number of nitrogens with two attached hydrogens (primary N) is 1. The van der Waals surface area contributed by atoms with Crippen molar-refractivity contribution in [2.45, 2.75) is 25.9 Å². The Hall–Kier alpha value is -2.16. The van der Waals surface area contributed by atoms with Crippen LogP contribution in [0.5, 0.6) is 5.75 Å². The summed E-state index contributed by atoms with van der Waals surface area (Å²) in [6.07, 6.45) is 3.84. The lowest BCUT2D eigenvalue weighted by molar-refractivity contribution is 0.306. The van der Waals surface area contributed by atoms with E-state index in [1.165, 1.54) is 19.3 Å². The first-order valence-corrected chi connectivity index (χ1v) is 7.64. The third-order valence-corrected chi connectivity index (χ3v) is 3.94. The summed E-state index contributed by atoms with van der Waals surface area (Å²) >= 11 is 0. The van der Waals surface area contributed by atoms with Gasteiger partial charge in [-0.15, -0.1) is 0 Å². The molecule has 0 spiro atoms. The fourth-order valence-electron chi connectivity index (χ4n) is 2.79. The second-order valence-electron chi connectivity index (χ2n) is 5.54. The lowest BCUT2D eigenvalue weighted by Crippen LogP contribution is -2.29. The van der Waals surface area contributed by atoms with Crippen LogP contribution < -0.4 is 15.4 Å². The molecule has 0 amide bonds. The molecule has 0 atom stereocenters. The van der Waals surface area contributed by atoms with E-state index in [2.05, 4.69) is 23.1 Å². The SMILES string of the molecule is Nc1cc(OCc2ccccc2)ccc1N1CCCCC1. The van der Waals surface area contributed by atoms with Gasteiger partial charge in [-0.2, -0.15) is 0 Å². The van der Waals surface area contributed by atoms with Crippen LogP contribution in [0.25, 0.3) is 0 Å². The van der Waals surface area contributed by atoms with Gasteiger partial charge in [0.15, 0.2) is 0 Å². The van der Waals surface area contributed by atoms with Crippen LogP contribution in [0.4, 0.5) is 11.4 Å². The van der Waals surface area contributed by atoms with E-state index in [9.17, 15) is 0 Å². The minimum atomic E-state index is 0.573. The Morgan fingerprint density at radius 3 is 2.43 bits per heavy atom. The smallest absolute Gasteiger partial charge is 0.122 e. The number of hydrogen-bond donors (Lipinski definition) is 1. The summed E-state index contributed by atoms with van der Waals surface area (Å²) in [5, 5.41) is 0. The van der Waals surface area contributed by atoms with Gasteiger partial charge < -0.3 is 15.4 Å². The highest BCUT2D eigenvalue weighted by molar-refractivity contribution is 5.69. The molecule has 1 aliphatic heterocycles. The zero-order valence-electron chi connectivity index (χ0n) is 12.3. The van der Waals surface area contributed by atoms with E-state index in [4.69, 9.17) is 10.5 Å². The lowest BCUT2D eigenvalue weighted by Gasteiger charge is -2.30. The average molecular weight is 282 g/mol. The van der Waals surface area contributed by atoms with Gasteiger partial charge in [0.2, 0.25) is 0 Å². The molecule has 0 unspecified atom stereocenters. The Bertz CT molecular complexity index is 577. The predicted molar refractivity (Wildman–Crippen MR) is 87.7 cm³/mol. The van der Waals surface area contributed by atoms with Crippen LogP contribution in [-0.2, 0) is 6.61 Å². The molecule has 0 bridgehead atoms. The largest absolute Gasteiger partial charge is 0.489 e. The lowest BCUT2D eigenvalue weighted by atomic mass is 10.1. The highest BCUT2D eigenvalue weighted by atomic mass is 16.5. The van der Waals surface area contributed by atoms with E-state index < -0.39 is 0 Å². The molecule has 3 nitrogen and oxygen atoms in total. The second kappa shape index (κ2) is 6.53. The van der Waals surface area contributed by atoms with Gasteiger partial charge in [-0.3, -0.25) is 0 Å². The standard InChI is InChI=1S/C18H22N2O/c19-17-13-16(21-14-15-7-3-1-4-8-15)9-10-18(17)20-11-5-2-6-12-20/h1,3-4,7-10,13H,2,5-6,11-12,14,19H2. The highest BCUT2D eigenvalue weighted by Gasteiger charge is 2.13. The summed E-state index contributed by atoms with van der Waals surface area (Å²) in [6, 6.07) is 16.2. The maximum absolute atomic E-state index is 6.20. The summed E-state index contributed by atoms with van der Waals surface area (Å²) in [7, 11) is 0.